The number of anilines is 2. The summed E-state index contributed by atoms with van der Waals surface area (Å²) < 4.78 is 0. The third-order valence-electron chi connectivity index (χ3n) is 3.87. The van der Waals surface area contributed by atoms with Gasteiger partial charge in [0.25, 0.3) is 0 Å². The first-order valence-corrected chi connectivity index (χ1v) is 7.46. The maximum Gasteiger partial charge on any atom is 0.0416 e. The maximum absolute atomic E-state index is 6.00. The first kappa shape index (κ1) is 15.8. The number of benzene rings is 1. The molecule has 0 aromatic heterocycles. The predicted molar refractivity (Wildman–Crippen MR) is 85.9 cm³/mol. The molecule has 0 aliphatic rings. The van der Waals surface area contributed by atoms with Gasteiger partial charge in [-0.25, -0.2) is 0 Å². The molecule has 108 valence electrons. The van der Waals surface area contributed by atoms with E-state index in [1.54, 1.807) is 0 Å². The van der Waals surface area contributed by atoms with Gasteiger partial charge in [0.1, 0.15) is 0 Å². The van der Waals surface area contributed by atoms with E-state index in [0.29, 0.717) is 0 Å². The summed E-state index contributed by atoms with van der Waals surface area (Å²) >= 11 is 0. The monoisotopic (exact) mass is 263 g/mol. The van der Waals surface area contributed by atoms with E-state index in [1.807, 2.05) is 12.1 Å². The van der Waals surface area contributed by atoms with Gasteiger partial charge in [-0.15, -0.1) is 0 Å². The fourth-order valence-corrected chi connectivity index (χ4v) is 2.46. The zero-order chi connectivity index (χ0) is 14.3. The van der Waals surface area contributed by atoms with Crippen LogP contribution in [-0.2, 0) is 0 Å². The lowest BCUT2D eigenvalue weighted by atomic mass is 10.1. The van der Waals surface area contributed by atoms with E-state index in [0.717, 1.165) is 31.9 Å². The van der Waals surface area contributed by atoms with Gasteiger partial charge in [0.15, 0.2) is 0 Å². The van der Waals surface area contributed by atoms with Gasteiger partial charge in [0.2, 0.25) is 0 Å². The fourth-order valence-electron chi connectivity index (χ4n) is 2.46. The van der Waals surface area contributed by atoms with Gasteiger partial charge in [-0.05, 0) is 57.6 Å². The Labute approximate surface area is 118 Å². The average Bonchev–Trinajstić information content (AvgIpc) is 2.43. The summed E-state index contributed by atoms with van der Waals surface area (Å²) in [5, 5.41) is 0. The second-order valence-corrected chi connectivity index (χ2v) is 4.95. The summed E-state index contributed by atoms with van der Waals surface area (Å²) in [6, 6.07) is 6.19. The normalized spacial score (nSPS) is 11.0. The highest BCUT2D eigenvalue weighted by Gasteiger charge is 2.09. The largest absolute Gasteiger partial charge is 0.398 e. The second-order valence-electron chi connectivity index (χ2n) is 4.95. The highest BCUT2D eigenvalue weighted by Crippen LogP contribution is 2.24. The smallest absolute Gasteiger partial charge is 0.0416 e. The van der Waals surface area contributed by atoms with Crippen LogP contribution in [0, 0.1) is 6.92 Å². The van der Waals surface area contributed by atoms with Crippen molar-refractivity contribution in [3.8, 4) is 0 Å². The van der Waals surface area contributed by atoms with Crippen molar-refractivity contribution in [2.24, 2.45) is 0 Å². The molecule has 0 bridgehead atoms. The van der Waals surface area contributed by atoms with E-state index in [2.05, 4.69) is 43.6 Å². The molecule has 0 aliphatic carbocycles. The number of hydrogen-bond acceptors (Lipinski definition) is 3. The number of nitrogen functional groups attached to an aromatic ring is 1. The van der Waals surface area contributed by atoms with Gasteiger partial charge in [-0.2, -0.15) is 0 Å². The fraction of sp³-hybridized carbons (Fsp3) is 0.625. The van der Waals surface area contributed by atoms with Crippen LogP contribution < -0.4 is 10.6 Å². The van der Waals surface area contributed by atoms with Crippen molar-refractivity contribution in [2.75, 3.05) is 43.4 Å². The molecule has 3 nitrogen and oxygen atoms in total. The summed E-state index contributed by atoms with van der Waals surface area (Å²) in [5.41, 5.74) is 9.37. The maximum atomic E-state index is 6.00. The van der Waals surface area contributed by atoms with Crippen LogP contribution >= 0.6 is 0 Å². The Bertz CT molecular complexity index is 372. The van der Waals surface area contributed by atoms with Crippen molar-refractivity contribution in [3.63, 3.8) is 0 Å². The molecule has 0 radical (unpaired) electrons. The Balaban J connectivity index is 2.61. The van der Waals surface area contributed by atoms with Crippen molar-refractivity contribution in [3.05, 3.63) is 23.8 Å². The van der Waals surface area contributed by atoms with Crippen LogP contribution in [0.1, 0.15) is 32.8 Å². The van der Waals surface area contributed by atoms with Gasteiger partial charge >= 0.3 is 0 Å². The summed E-state index contributed by atoms with van der Waals surface area (Å²) in [5.74, 6) is 0. The lowest BCUT2D eigenvalue weighted by Gasteiger charge is -2.27. The highest BCUT2D eigenvalue weighted by molar-refractivity contribution is 5.64. The van der Waals surface area contributed by atoms with E-state index in [4.69, 9.17) is 5.73 Å². The molecule has 3 heteroatoms. The Morgan fingerprint density at radius 1 is 1.00 bits per heavy atom. The highest BCUT2D eigenvalue weighted by atomic mass is 15.1. The minimum absolute atomic E-state index is 0.889. The number of hydrogen-bond donors (Lipinski definition) is 1. The number of rotatable bonds is 8. The SMILES string of the molecule is CCN(CC)CCCN(CC)c1cccc(N)c1C. The van der Waals surface area contributed by atoms with Crippen LogP contribution in [-0.4, -0.2) is 37.6 Å². The zero-order valence-corrected chi connectivity index (χ0v) is 12.9. The van der Waals surface area contributed by atoms with Crippen LogP contribution in [0.2, 0.25) is 0 Å². The van der Waals surface area contributed by atoms with E-state index in [9.17, 15) is 0 Å². The van der Waals surface area contributed by atoms with Crippen LogP contribution in [0.15, 0.2) is 18.2 Å². The average molecular weight is 263 g/mol. The Morgan fingerprint density at radius 3 is 2.26 bits per heavy atom. The summed E-state index contributed by atoms with van der Waals surface area (Å²) in [6.45, 7) is 14.3. The van der Waals surface area contributed by atoms with Crippen molar-refractivity contribution >= 4 is 11.4 Å². The molecule has 0 atom stereocenters. The number of nitrogens with zero attached hydrogens (tertiary/aromatic N) is 2. The molecule has 1 rings (SSSR count). The van der Waals surface area contributed by atoms with Crippen molar-refractivity contribution in [2.45, 2.75) is 34.1 Å². The molecule has 0 saturated carbocycles. The second kappa shape index (κ2) is 8.05. The van der Waals surface area contributed by atoms with Crippen LogP contribution in [0.5, 0.6) is 0 Å². The van der Waals surface area contributed by atoms with Gasteiger partial charge < -0.3 is 15.5 Å². The Kier molecular flexibility index (Phi) is 6.71. The lowest BCUT2D eigenvalue weighted by Crippen LogP contribution is -2.30. The number of nitrogens with two attached hydrogens (primary N) is 1. The topological polar surface area (TPSA) is 32.5 Å². The van der Waals surface area contributed by atoms with E-state index in [-0.39, 0.29) is 0 Å². The molecule has 0 unspecified atom stereocenters. The van der Waals surface area contributed by atoms with Gasteiger partial charge in [-0.1, -0.05) is 19.9 Å². The molecule has 0 fully saturated rings. The predicted octanol–water partition coefficient (Wildman–Crippen LogP) is 3.14. The van der Waals surface area contributed by atoms with Crippen molar-refractivity contribution in [1.29, 1.82) is 0 Å². The molecule has 2 N–H and O–H groups in total. The molecular weight excluding hydrogens is 234 g/mol. The van der Waals surface area contributed by atoms with E-state index in [1.165, 1.54) is 24.2 Å². The Morgan fingerprint density at radius 2 is 1.68 bits per heavy atom. The van der Waals surface area contributed by atoms with Crippen LogP contribution in [0.25, 0.3) is 0 Å². The molecule has 0 amide bonds. The van der Waals surface area contributed by atoms with Crippen molar-refractivity contribution < 1.29 is 0 Å². The van der Waals surface area contributed by atoms with Gasteiger partial charge in [0.05, 0.1) is 0 Å². The molecule has 1 aromatic carbocycles. The molecule has 0 heterocycles. The van der Waals surface area contributed by atoms with Gasteiger partial charge in [-0.3, -0.25) is 0 Å². The molecule has 1 aromatic rings. The third kappa shape index (κ3) is 4.43. The van der Waals surface area contributed by atoms with E-state index >= 15 is 0 Å². The van der Waals surface area contributed by atoms with Crippen LogP contribution in [0.4, 0.5) is 11.4 Å². The molecule has 0 saturated heterocycles. The van der Waals surface area contributed by atoms with Crippen LogP contribution in [0.3, 0.4) is 0 Å². The quantitative estimate of drug-likeness (QED) is 0.731. The summed E-state index contributed by atoms with van der Waals surface area (Å²) in [6.07, 6.45) is 1.20. The van der Waals surface area contributed by atoms with E-state index < -0.39 is 0 Å². The molecule has 0 spiro atoms. The lowest BCUT2D eigenvalue weighted by molar-refractivity contribution is 0.301. The third-order valence-corrected chi connectivity index (χ3v) is 3.87. The van der Waals surface area contributed by atoms with Crippen molar-refractivity contribution in [1.82, 2.24) is 4.90 Å². The first-order valence-electron chi connectivity index (χ1n) is 7.46. The van der Waals surface area contributed by atoms with Gasteiger partial charge in [0, 0.05) is 24.5 Å². The zero-order valence-electron chi connectivity index (χ0n) is 12.9. The summed E-state index contributed by atoms with van der Waals surface area (Å²) in [4.78, 5) is 4.90. The summed E-state index contributed by atoms with van der Waals surface area (Å²) in [7, 11) is 0. The molecule has 19 heavy (non-hydrogen) atoms. The Hall–Kier alpha value is -1.22. The standard InChI is InChI=1S/C16H29N3/c1-5-18(6-2)12-9-13-19(7-3)16-11-8-10-15(17)14(16)4/h8,10-11H,5-7,9,12-13,17H2,1-4H3. The molecule has 0 aliphatic heterocycles. The minimum atomic E-state index is 0.889. The molecular formula is C16H29N3. The minimum Gasteiger partial charge on any atom is -0.398 e. The first-order chi connectivity index (χ1) is 9.13.